The summed E-state index contributed by atoms with van der Waals surface area (Å²) in [4.78, 5) is 74.0. The molecule has 4 amide bonds. The standard InChI is InChI=1S/C37H32F6N2O5S.C30H27F6N3O5S.C30H26F6N2O5S.H2/c38-27-19-26(37(47)50-21-23-7-3-1-4-8-23)15-16-28(27)44(20-22-11-13-25(14-12-22)24-9-5-2-6-10-24)36(46)29-17-18-45(29)51(48,49)35-33(42)31(40)30(39)32(41)34(35)43;31-20-14-19(29(40)37-42)10-11-21(20)38(15-16-6-8-18(9-7-16)17-4-2-1-3-5-17)30(41)22-12-13-39(22)45(43,44)28-26(35)24(33)23(32)25(34)27(28)36;31-20-14-19(30(40)41)10-11-21(20)37(15-16-6-8-18(9-7-16)17-4-2-1-3-5-17)29(39)22-12-13-38(22)44(42,43)28-26(35)24(33)23(32)25(34)27(28)36;/h1,3-4,7-8,11-16,19,24,29H,2,5-6,9-10,17-18,20-21H2;6-11,14,17,22,42H,1-5,12-13,15H2,(H,37,40);6-11,14,17,22H,1-5,12-13,15H2,(H,40,41);1H/t29-;2*22-;/m111./s1. The molecular formula is C97H87F18N7O15S3. The van der Waals surface area contributed by atoms with Crippen LogP contribution in [0.1, 0.15) is 205 Å². The number of carbonyl (C=O) groups is 6. The number of nitrogens with zero attached hydrogens (tertiary/aromatic N) is 6. The minimum absolute atomic E-state index is 0. The van der Waals surface area contributed by atoms with Crippen LogP contribution < -0.4 is 20.2 Å². The molecule has 0 radical (unpaired) electrons. The smallest absolute Gasteiger partial charge is 0.338 e. The van der Waals surface area contributed by atoms with Gasteiger partial charge in [-0.15, -0.1) is 0 Å². The molecule has 3 N–H and O–H groups in total. The first-order valence-corrected chi connectivity index (χ1v) is 48.5. The molecule has 6 fully saturated rings. The molecule has 744 valence electrons. The summed E-state index contributed by atoms with van der Waals surface area (Å²) in [5.74, 6) is -46.5. The van der Waals surface area contributed by atoms with Crippen molar-refractivity contribution in [2.45, 2.75) is 192 Å². The molecule has 3 aliphatic heterocycles. The van der Waals surface area contributed by atoms with E-state index in [1.54, 1.807) is 66.7 Å². The van der Waals surface area contributed by atoms with Crippen LogP contribution in [0, 0.1) is 105 Å². The van der Waals surface area contributed by atoms with Crippen LogP contribution in [-0.2, 0) is 75.4 Å². The second kappa shape index (κ2) is 43.3. The molecule has 43 heteroatoms. The van der Waals surface area contributed by atoms with E-state index in [1.807, 2.05) is 36.4 Å². The number of amides is 4. The summed E-state index contributed by atoms with van der Waals surface area (Å²) in [6, 6.07) is 34.3. The molecule has 6 aliphatic rings. The van der Waals surface area contributed by atoms with Gasteiger partial charge in [0.1, 0.15) is 42.2 Å². The van der Waals surface area contributed by atoms with E-state index in [1.165, 1.54) is 18.0 Å². The maximum absolute atomic E-state index is 15.9. The third-order valence-corrected chi connectivity index (χ3v) is 31.5. The number of carboxylic acids is 1. The molecule has 3 saturated heterocycles. The van der Waals surface area contributed by atoms with Gasteiger partial charge in [0.2, 0.25) is 65.2 Å². The average molecular weight is 2030 g/mol. The lowest BCUT2D eigenvalue weighted by atomic mass is 9.84. The Hall–Kier alpha value is -12.6. The number of rotatable bonds is 26. The van der Waals surface area contributed by atoms with Crippen LogP contribution in [0.4, 0.5) is 96.1 Å². The predicted octanol–water partition coefficient (Wildman–Crippen LogP) is 20.1. The lowest BCUT2D eigenvalue weighted by molar-refractivity contribution is -0.125. The summed E-state index contributed by atoms with van der Waals surface area (Å²) in [5.41, 5.74) is 4.81. The molecule has 22 nitrogen and oxygen atoms in total. The van der Waals surface area contributed by atoms with Crippen LogP contribution in [0.15, 0.2) is 172 Å². The summed E-state index contributed by atoms with van der Waals surface area (Å²) >= 11 is 0. The van der Waals surface area contributed by atoms with Crippen LogP contribution in [0.25, 0.3) is 0 Å². The molecule has 3 atom stereocenters. The van der Waals surface area contributed by atoms with Gasteiger partial charge in [-0.25, -0.2) is 119 Å². The Bertz CT molecular complexity index is 6730. The zero-order valence-electron chi connectivity index (χ0n) is 73.6. The number of carboxylic acid groups (broad SMARTS) is 1. The van der Waals surface area contributed by atoms with E-state index >= 15 is 13.2 Å². The Balaban J connectivity index is 0.000000178. The molecule has 0 spiro atoms. The quantitative estimate of drug-likeness (QED) is 0.0113. The number of anilines is 3. The largest absolute Gasteiger partial charge is 0.478 e. The number of nitrogens with one attached hydrogen (secondary N) is 1. The fourth-order valence-electron chi connectivity index (χ4n) is 17.9. The lowest BCUT2D eigenvalue weighted by Gasteiger charge is -2.41. The fourth-order valence-corrected chi connectivity index (χ4v) is 23.1. The van der Waals surface area contributed by atoms with E-state index < -0.39 is 240 Å². The summed E-state index contributed by atoms with van der Waals surface area (Å²) in [7, 11) is -16.3. The lowest BCUT2D eigenvalue weighted by Crippen LogP contribution is -2.59. The first-order chi connectivity index (χ1) is 66.6. The SMILES string of the molecule is O=C(NO)c1ccc(N(Cc2ccc(C3CCCCC3)cc2)C(=O)[C@H]2CCN2S(=O)(=O)c2c(F)c(F)c(F)c(F)c2F)c(F)c1.O=C(O)c1ccc(N(Cc2ccc(C3CCCCC3)cc2)C(=O)[C@H]2CCN2S(=O)(=O)c2c(F)c(F)c(F)c(F)c2F)c(F)c1.O=C(OCc1ccccc1)c1ccc(N(Cc2ccc(C3CCCCC3)cc2)C(=O)[C@H]2CCN2S(=O)(=O)c2c(F)c(F)c(F)c(F)c2F)c(F)c1.[HH]. The Morgan fingerprint density at radius 3 is 0.857 bits per heavy atom. The second-order valence-electron chi connectivity index (χ2n) is 34.3. The van der Waals surface area contributed by atoms with Gasteiger partial charge in [0, 0.05) is 26.6 Å². The van der Waals surface area contributed by atoms with Crippen molar-refractivity contribution in [3.63, 3.8) is 0 Å². The van der Waals surface area contributed by atoms with Gasteiger partial charge in [-0.2, -0.15) is 12.9 Å². The van der Waals surface area contributed by atoms with E-state index in [4.69, 9.17) is 9.94 Å². The van der Waals surface area contributed by atoms with Gasteiger partial charge >= 0.3 is 11.9 Å². The van der Waals surface area contributed by atoms with Gasteiger partial charge in [0.15, 0.2) is 84.5 Å². The molecule has 0 aromatic heterocycles. The van der Waals surface area contributed by atoms with Crippen LogP contribution in [0.2, 0.25) is 0 Å². The molecule has 3 aliphatic carbocycles. The van der Waals surface area contributed by atoms with Gasteiger partial charge in [-0.05, 0) is 169 Å². The van der Waals surface area contributed by atoms with Gasteiger partial charge in [0.25, 0.3) is 5.91 Å². The maximum Gasteiger partial charge on any atom is 0.338 e. The molecule has 3 heterocycles. The van der Waals surface area contributed by atoms with Crippen molar-refractivity contribution >= 4 is 82.7 Å². The Labute approximate surface area is 791 Å². The van der Waals surface area contributed by atoms with Crippen molar-refractivity contribution in [1.29, 1.82) is 0 Å². The number of aromatic carboxylic acids is 1. The highest BCUT2D eigenvalue weighted by Crippen LogP contribution is 2.44. The minimum Gasteiger partial charge on any atom is -0.478 e. The number of hydrogen-bond acceptors (Lipinski definition) is 14. The molecule has 10 aromatic carbocycles. The van der Waals surface area contributed by atoms with Crippen molar-refractivity contribution in [2.75, 3.05) is 34.3 Å². The Morgan fingerprint density at radius 1 is 0.329 bits per heavy atom. The highest BCUT2D eigenvalue weighted by Gasteiger charge is 2.53. The fraction of sp³-hybridized carbons (Fsp3) is 0.320. The highest BCUT2D eigenvalue weighted by atomic mass is 32.2. The topological polar surface area (TPSA) is 286 Å². The van der Waals surface area contributed by atoms with Gasteiger partial charge in [-0.1, -0.05) is 161 Å². The first-order valence-electron chi connectivity index (χ1n) is 44.1. The molecule has 3 saturated carbocycles. The van der Waals surface area contributed by atoms with E-state index in [2.05, 4.69) is 0 Å². The van der Waals surface area contributed by atoms with E-state index in [-0.39, 0.29) is 72.4 Å². The zero-order chi connectivity index (χ0) is 101. The number of halogens is 18. The Kier molecular flexibility index (Phi) is 31.9. The molecule has 10 aromatic rings. The van der Waals surface area contributed by atoms with Gasteiger partial charge < -0.3 is 24.5 Å². The third-order valence-electron chi connectivity index (χ3n) is 25.7. The number of carbonyl (C=O) groups excluding carboxylic acids is 5. The number of ether oxygens (including phenoxy) is 1. The average Bonchev–Trinajstić information content (AvgIpc) is 0.739. The predicted molar refractivity (Wildman–Crippen MR) is 469 cm³/mol. The summed E-state index contributed by atoms with van der Waals surface area (Å²) in [6.45, 7) is -2.47. The molecule has 0 bridgehead atoms. The number of benzene rings is 10. The monoisotopic (exact) mass is 2030 g/mol. The van der Waals surface area contributed by atoms with Crippen molar-refractivity contribution in [3.05, 3.63) is 318 Å². The van der Waals surface area contributed by atoms with Crippen LogP contribution >= 0.6 is 0 Å². The van der Waals surface area contributed by atoms with Crippen molar-refractivity contribution in [1.82, 2.24) is 18.4 Å². The highest BCUT2D eigenvalue weighted by molar-refractivity contribution is 7.89. The van der Waals surface area contributed by atoms with Crippen molar-refractivity contribution < 1.29 is 150 Å². The first kappa shape index (κ1) is 103. The summed E-state index contributed by atoms with van der Waals surface area (Å²) in [5, 5.41) is 18.1. The molecule has 0 unspecified atom stereocenters. The van der Waals surface area contributed by atoms with Crippen LogP contribution in [0.5, 0.6) is 0 Å². The normalized spacial score (nSPS) is 17.3. The zero-order valence-corrected chi connectivity index (χ0v) is 76.0. The maximum atomic E-state index is 15.9. The number of esters is 1. The summed E-state index contributed by atoms with van der Waals surface area (Å²) in [6.07, 6.45) is 15.7. The molecule has 140 heavy (non-hydrogen) atoms. The minimum atomic E-state index is -5.45. The van der Waals surface area contributed by atoms with Crippen molar-refractivity contribution in [2.24, 2.45) is 0 Å². The van der Waals surface area contributed by atoms with Crippen LogP contribution in [-0.4, -0.2) is 122 Å². The second-order valence-corrected chi connectivity index (χ2v) is 39.7. The van der Waals surface area contributed by atoms with E-state index in [0.717, 1.165) is 164 Å². The van der Waals surface area contributed by atoms with Crippen molar-refractivity contribution in [3.8, 4) is 0 Å². The number of sulfonamides is 3. The number of hydroxylamine groups is 1. The van der Waals surface area contributed by atoms with Crippen LogP contribution in [0.3, 0.4) is 0 Å². The van der Waals surface area contributed by atoms with E-state index in [0.29, 0.717) is 50.4 Å². The third kappa shape index (κ3) is 21.2. The van der Waals surface area contributed by atoms with Gasteiger partial charge in [0.05, 0.1) is 47.8 Å². The van der Waals surface area contributed by atoms with Gasteiger partial charge in [-0.3, -0.25) is 24.4 Å². The molecular weight excluding hydrogens is 1940 g/mol. The Morgan fingerprint density at radius 2 is 0.593 bits per heavy atom. The van der Waals surface area contributed by atoms with E-state index in [9.17, 15) is 125 Å². The summed E-state index contributed by atoms with van der Waals surface area (Å²) < 4.78 is 343. The number of hydrogen-bond donors (Lipinski definition) is 3. The molecule has 16 rings (SSSR count).